The van der Waals surface area contributed by atoms with Crippen LogP contribution in [0.4, 0.5) is 5.69 Å². The van der Waals surface area contributed by atoms with Gasteiger partial charge in [0, 0.05) is 12.5 Å². The van der Waals surface area contributed by atoms with Gasteiger partial charge < -0.3 is 5.32 Å². The number of hydrogen-bond acceptors (Lipinski definition) is 2. The van der Waals surface area contributed by atoms with Crippen LogP contribution in [-0.4, -0.2) is 11.7 Å². The number of halogens is 2. The second-order valence-corrected chi connectivity index (χ2v) is 5.31. The van der Waals surface area contributed by atoms with Crippen molar-refractivity contribution in [3.63, 3.8) is 0 Å². The third-order valence-corrected chi connectivity index (χ3v) is 3.88. The van der Waals surface area contributed by atoms with Crippen LogP contribution in [0.2, 0.25) is 10.0 Å². The molecule has 0 heterocycles. The van der Waals surface area contributed by atoms with Gasteiger partial charge in [0.1, 0.15) is 0 Å². The maximum Gasteiger partial charge on any atom is 0.221 e. The Labute approximate surface area is 125 Å². The van der Waals surface area contributed by atoms with Crippen LogP contribution < -0.4 is 5.32 Å². The molecule has 0 saturated carbocycles. The van der Waals surface area contributed by atoms with Gasteiger partial charge in [0.2, 0.25) is 5.91 Å². The number of ketones is 1. The fraction of sp³-hybridized carbons (Fsp3) is 0.0667. The first-order chi connectivity index (χ1) is 9.50. The van der Waals surface area contributed by atoms with Crippen LogP contribution in [0.1, 0.15) is 22.8 Å². The summed E-state index contributed by atoms with van der Waals surface area (Å²) in [5.41, 5.74) is 2.78. The molecule has 1 aliphatic rings. The Morgan fingerprint density at radius 1 is 1.10 bits per heavy atom. The molecule has 0 radical (unpaired) electrons. The maximum atomic E-state index is 12.4. The molecule has 3 rings (SSSR count). The van der Waals surface area contributed by atoms with Crippen molar-refractivity contribution in [2.75, 3.05) is 5.32 Å². The first-order valence-corrected chi connectivity index (χ1v) is 6.70. The van der Waals surface area contributed by atoms with Gasteiger partial charge in [-0.1, -0.05) is 47.5 Å². The predicted octanol–water partition coefficient (Wildman–Crippen LogP) is 4.16. The summed E-state index contributed by atoms with van der Waals surface area (Å²) in [6, 6.07) is 8.92. The molecule has 0 fully saturated rings. The average Bonchev–Trinajstić information content (AvgIpc) is 2.68. The highest BCUT2D eigenvalue weighted by molar-refractivity contribution is 6.44. The summed E-state index contributed by atoms with van der Waals surface area (Å²) in [5, 5.41) is 3.06. The molecule has 1 aliphatic carbocycles. The number of amides is 1. The summed E-state index contributed by atoms with van der Waals surface area (Å²) in [6.07, 6.45) is 0. The zero-order valence-electron chi connectivity index (χ0n) is 10.5. The molecule has 1 N–H and O–H groups in total. The van der Waals surface area contributed by atoms with Gasteiger partial charge in [-0.05, 0) is 17.2 Å². The summed E-state index contributed by atoms with van der Waals surface area (Å²) in [4.78, 5) is 23.6. The normalized spacial score (nSPS) is 12.1. The van der Waals surface area contributed by atoms with E-state index in [0.717, 1.165) is 5.56 Å². The summed E-state index contributed by atoms with van der Waals surface area (Å²) < 4.78 is 0. The Balaban J connectivity index is 2.29. The van der Waals surface area contributed by atoms with Crippen LogP contribution in [-0.2, 0) is 4.79 Å². The minimum absolute atomic E-state index is 0.149. The number of rotatable bonds is 1. The smallest absolute Gasteiger partial charge is 0.221 e. The molecule has 0 aromatic heterocycles. The largest absolute Gasteiger partial charge is 0.324 e. The van der Waals surface area contributed by atoms with E-state index in [0.29, 0.717) is 21.7 Å². The van der Waals surface area contributed by atoms with E-state index in [1.807, 2.05) is 12.1 Å². The molecule has 0 unspecified atom stereocenters. The van der Waals surface area contributed by atoms with Crippen molar-refractivity contribution < 1.29 is 9.59 Å². The van der Waals surface area contributed by atoms with Gasteiger partial charge in [0.05, 0.1) is 21.3 Å². The summed E-state index contributed by atoms with van der Waals surface area (Å²) in [5.74, 6) is -0.444. The second-order valence-electron chi connectivity index (χ2n) is 4.53. The fourth-order valence-electron chi connectivity index (χ4n) is 2.39. The quantitative estimate of drug-likeness (QED) is 0.733. The fourth-order valence-corrected chi connectivity index (χ4v) is 3.03. The van der Waals surface area contributed by atoms with Gasteiger partial charge in [0.15, 0.2) is 5.78 Å². The highest BCUT2D eigenvalue weighted by atomic mass is 35.5. The lowest BCUT2D eigenvalue weighted by atomic mass is 10.1. The standard InChI is InChI=1S/C15H9Cl2NO2/c1-7(19)18-14-11(16)6-10-8-4-2-3-5-9(8)15(20)12(10)13(14)17/h2-6H,1H3,(H,18,19). The van der Waals surface area contributed by atoms with Gasteiger partial charge in [-0.3, -0.25) is 9.59 Å². The Morgan fingerprint density at radius 2 is 1.75 bits per heavy atom. The Hall–Kier alpha value is -1.84. The lowest BCUT2D eigenvalue weighted by Gasteiger charge is -2.11. The molecule has 3 nitrogen and oxygen atoms in total. The minimum atomic E-state index is -0.295. The van der Waals surface area contributed by atoms with E-state index in [-0.39, 0.29) is 22.4 Å². The van der Waals surface area contributed by atoms with Crippen molar-refractivity contribution in [2.45, 2.75) is 6.92 Å². The number of benzene rings is 2. The first-order valence-electron chi connectivity index (χ1n) is 5.94. The molecule has 0 aliphatic heterocycles. The molecule has 0 bridgehead atoms. The number of carbonyl (C=O) groups is 2. The van der Waals surface area contributed by atoms with E-state index in [2.05, 4.69) is 5.32 Å². The van der Waals surface area contributed by atoms with Gasteiger partial charge in [-0.15, -0.1) is 0 Å². The van der Waals surface area contributed by atoms with Crippen LogP contribution in [0.25, 0.3) is 11.1 Å². The zero-order valence-corrected chi connectivity index (χ0v) is 12.0. The number of nitrogens with one attached hydrogen (secondary N) is 1. The van der Waals surface area contributed by atoms with Crippen LogP contribution in [0.3, 0.4) is 0 Å². The highest BCUT2D eigenvalue weighted by Crippen LogP contribution is 2.45. The maximum absolute atomic E-state index is 12.4. The topological polar surface area (TPSA) is 46.2 Å². The summed E-state index contributed by atoms with van der Waals surface area (Å²) >= 11 is 12.4. The molecular weight excluding hydrogens is 297 g/mol. The third-order valence-electron chi connectivity index (χ3n) is 3.21. The monoisotopic (exact) mass is 305 g/mol. The summed E-state index contributed by atoms with van der Waals surface area (Å²) in [7, 11) is 0. The van der Waals surface area contributed by atoms with E-state index in [1.165, 1.54) is 6.92 Å². The number of hydrogen-bond donors (Lipinski definition) is 1. The van der Waals surface area contributed by atoms with Gasteiger partial charge >= 0.3 is 0 Å². The molecule has 1 amide bonds. The molecule has 0 spiro atoms. The molecule has 2 aromatic rings. The van der Waals surface area contributed by atoms with E-state index in [4.69, 9.17) is 23.2 Å². The SMILES string of the molecule is CC(=O)Nc1c(Cl)cc2c(c1Cl)C(=O)c1ccccc1-2. The van der Waals surface area contributed by atoms with Crippen molar-refractivity contribution >= 4 is 40.6 Å². The van der Waals surface area contributed by atoms with E-state index < -0.39 is 0 Å². The number of fused-ring (bicyclic) bond motifs is 3. The number of anilines is 1. The average molecular weight is 306 g/mol. The van der Waals surface area contributed by atoms with Gasteiger partial charge in [-0.25, -0.2) is 0 Å². The lowest BCUT2D eigenvalue weighted by Crippen LogP contribution is -2.08. The first kappa shape index (κ1) is 13.2. The zero-order chi connectivity index (χ0) is 14.4. The molecule has 0 atom stereocenters. The lowest BCUT2D eigenvalue weighted by molar-refractivity contribution is -0.114. The molecule has 0 saturated heterocycles. The van der Waals surface area contributed by atoms with Crippen molar-refractivity contribution in [1.82, 2.24) is 0 Å². The summed E-state index contributed by atoms with van der Waals surface area (Å²) in [6.45, 7) is 1.36. The molecule has 2 aromatic carbocycles. The Bertz CT molecular complexity index is 769. The van der Waals surface area contributed by atoms with Crippen LogP contribution >= 0.6 is 23.2 Å². The molecule has 100 valence electrons. The number of carbonyl (C=O) groups excluding carboxylic acids is 2. The van der Waals surface area contributed by atoms with E-state index in [1.54, 1.807) is 18.2 Å². The van der Waals surface area contributed by atoms with E-state index in [9.17, 15) is 9.59 Å². The minimum Gasteiger partial charge on any atom is -0.324 e. The van der Waals surface area contributed by atoms with Crippen molar-refractivity contribution in [1.29, 1.82) is 0 Å². The van der Waals surface area contributed by atoms with Crippen LogP contribution in [0.15, 0.2) is 30.3 Å². The molecular formula is C15H9Cl2NO2. The van der Waals surface area contributed by atoms with Crippen molar-refractivity contribution in [2.24, 2.45) is 0 Å². The molecule has 5 heteroatoms. The van der Waals surface area contributed by atoms with Gasteiger partial charge in [0.25, 0.3) is 0 Å². The predicted molar refractivity (Wildman–Crippen MR) is 79.6 cm³/mol. The van der Waals surface area contributed by atoms with Crippen LogP contribution in [0, 0.1) is 0 Å². The molecule has 20 heavy (non-hydrogen) atoms. The third kappa shape index (κ3) is 1.82. The second kappa shape index (κ2) is 4.62. The van der Waals surface area contributed by atoms with Gasteiger partial charge in [-0.2, -0.15) is 0 Å². The van der Waals surface area contributed by atoms with Crippen molar-refractivity contribution in [3.05, 3.63) is 51.5 Å². The Morgan fingerprint density at radius 3 is 2.40 bits per heavy atom. The highest BCUT2D eigenvalue weighted by Gasteiger charge is 2.31. The van der Waals surface area contributed by atoms with E-state index >= 15 is 0 Å². The van der Waals surface area contributed by atoms with Crippen molar-refractivity contribution in [3.8, 4) is 11.1 Å². The van der Waals surface area contributed by atoms with Crippen LogP contribution in [0.5, 0.6) is 0 Å². The Kier molecular flexibility index (Phi) is 3.04.